The molecule has 0 atom stereocenters. The number of hydrogen-bond acceptors (Lipinski definition) is 1. The number of halogens is 5. The molecule has 0 aliphatic rings. The summed E-state index contributed by atoms with van der Waals surface area (Å²) in [6, 6.07) is 12.0. The van der Waals surface area contributed by atoms with Gasteiger partial charge in [-0.1, -0.05) is 51.1 Å². The molecule has 0 aliphatic heterocycles. The second kappa shape index (κ2) is 8.87. The summed E-state index contributed by atoms with van der Waals surface area (Å²) in [6.45, 7) is 5.85. The first-order valence-electron chi connectivity index (χ1n) is 8.24. The summed E-state index contributed by atoms with van der Waals surface area (Å²) in [4.78, 5) is 0. The molecule has 0 amide bonds. The highest BCUT2D eigenvalue weighted by molar-refractivity contribution is 5.85. The fourth-order valence-corrected chi connectivity index (χ4v) is 2.85. The van der Waals surface area contributed by atoms with Crippen LogP contribution in [-0.4, -0.2) is 6.54 Å². The number of hydrogen-bond donors (Lipinski definition) is 1. The highest BCUT2D eigenvalue weighted by atomic mass is 35.5. The van der Waals surface area contributed by atoms with E-state index < -0.39 is 23.0 Å². The van der Waals surface area contributed by atoms with Crippen molar-refractivity contribution in [1.29, 1.82) is 0 Å². The van der Waals surface area contributed by atoms with Crippen molar-refractivity contribution in [2.45, 2.75) is 45.3 Å². The van der Waals surface area contributed by atoms with Gasteiger partial charge < -0.3 is 5.32 Å². The van der Waals surface area contributed by atoms with Crippen LogP contribution in [0.3, 0.4) is 0 Å². The first-order chi connectivity index (χ1) is 11.6. The molecule has 2 aromatic carbocycles. The van der Waals surface area contributed by atoms with E-state index >= 15 is 0 Å². The lowest BCUT2D eigenvalue weighted by atomic mass is 9.82. The molecule has 6 heteroatoms. The molecule has 0 spiro atoms. The Hall–Kier alpha value is -1.59. The van der Waals surface area contributed by atoms with Crippen molar-refractivity contribution in [2.75, 3.05) is 6.54 Å². The van der Waals surface area contributed by atoms with Crippen LogP contribution in [0.2, 0.25) is 0 Å². The van der Waals surface area contributed by atoms with Crippen LogP contribution in [0.1, 0.15) is 43.0 Å². The van der Waals surface area contributed by atoms with E-state index in [9.17, 15) is 17.6 Å². The third-order valence-electron chi connectivity index (χ3n) is 3.97. The summed E-state index contributed by atoms with van der Waals surface area (Å²) < 4.78 is 54.5. The molecule has 0 bridgehead atoms. The molecule has 0 fully saturated rings. The normalized spacial score (nSPS) is 12.0. The van der Waals surface area contributed by atoms with Crippen LogP contribution < -0.4 is 5.32 Å². The Morgan fingerprint density at radius 1 is 0.923 bits per heavy atom. The third kappa shape index (κ3) is 5.99. The first-order valence-corrected chi connectivity index (χ1v) is 8.24. The van der Waals surface area contributed by atoms with Crippen molar-refractivity contribution in [1.82, 2.24) is 5.32 Å². The summed E-state index contributed by atoms with van der Waals surface area (Å²) in [5.74, 6) is -0.791. The maximum absolute atomic E-state index is 14.4. The Morgan fingerprint density at radius 2 is 1.54 bits per heavy atom. The van der Waals surface area contributed by atoms with Gasteiger partial charge in [-0.25, -0.2) is 4.39 Å². The van der Waals surface area contributed by atoms with E-state index in [1.807, 2.05) is 30.3 Å². The van der Waals surface area contributed by atoms with Crippen LogP contribution in [0.5, 0.6) is 0 Å². The zero-order chi connectivity index (χ0) is 18.7. The van der Waals surface area contributed by atoms with E-state index in [2.05, 4.69) is 5.32 Å². The molecule has 0 heterocycles. The van der Waals surface area contributed by atoms with Crippen molar-refractivity contribution >= 4 is 12.4 Å². The summed E-state index contributed by atoms with van der Waals surface area (Å²) in [5, 5.41) is 3.17. The van der Waals surface area contributed by atoms with Crippen LogP contribution >= 0.6 is 12.4 Å². The lowest BCUT2D eigenvalue weighted by molar-refractivity contribution is -0.139. The summed E-state index contributed by atoms with van der Waals surface area (Å²) in [6.07, 6.45) is -4.24. The molecule has 1 nitrogen and oxygen atoms in total. The molecule has 0 saturated heterocycles. The van der Waals surface area contributed by atoms with Gasteiger partial charge in [-0.3, -0.25) is 0 Å². The fourth-order valence-electron chi connectivity index (χ4n) is 2.85. The number of rotatable bonds is 5. The molecule has 144 valence electrons. The molecule has 0 radical (unpaired) electrons. The molecule has 0 saturated carbocycles. The van der Waals surface area contributed by atoms with E-state index in [1.54, 1.807) is 20.8 Å². The van der Waals surface area contributed by atoms with Gasteiger partial charge in [0.2, 0.25) is 0 Å². The van der Waals surface area contributed by atoms with Gasteiger partial charge in [-0.05, 0) is 41.6 Å². The van der Waals surface area contributed by atoms with Crippen molar-refractivity contribution in [3.8, 4) is 0 Å². The van der Waals surface area contributed by atoms with Crippen molar-refractivity contribution in [2.24, 2.45) is 0 Å². The maximum atomic E-state index is 14.4. The van der Waals surface area contributed by atoms with E-state index in [1.165, 1.54) is 6.07 Å². The molecule has 0 aromatic heterocycles. The minimum Gasteiger partial charge on any atom is -0.312 e. The van der Waals surface area contributed by atoms with Gasteiger partial charge in [-0.2, -0.15) is 13.2 Å². The average molecular weight is 390 g/mol. The maximum Gasteiger partial charge on any atom is 0.416 e. The minimum atomic E-state index is -4.57. The second-order valence-corrected chi connectivity index (χ2v) is 7.16. The summed E-state index contributed by atoms with van der Waals surface area (Å²) >= 11 is 0. The number of benzene rings is 2. The van der Waals surface area contributed by atoms with Gasteiger partial charge in [0, 0.05) is 12.1 Å². The lowest BCUT2D eigenvalue weighted by Gasteiger charge is -2.25. The van der Waals surface area contributed by atoms with Gasteiger partial charge in [-0.15, -0.1) is 12.4 Å². The van der Waals surface area contributed by atoms with E-state index in [0.717, 1.165) is 11.6 Å². The molecule has 2 aromatic rings. The topological polar surface area (TPSA) is 12.0 Å². The molecule has 1 N–H and O–H groups in total. The largest absolute Gasteiger partial charge is 0.416 e. The van der Waals surface area contributed by atoms with Crippen molar-refractivity contribution in [3.05, 3.63) is 70.5 Å². The van der Waals surface area contributed by atoms with Gasteiger partial charge in [0.1, 0.15) is 5.82 Å². The van der Waals surface area contributed by atoms with E-state index in [-0.39, 0.29) is 18.0 Å². The van der Waals surface area contributed by atoms with Crippen molar-refractivity contribution < 1.29 is 17.6 Å². The number of alkyl halides is 3. The predicted molar refractivity (Wildman–Crippen MR) is 99.2 cm³/mol. The molecular weight excluding hydrogens is 366 g/mol. The Labute approximate surface area is 158 Å². The standard InChI is InChI=1S/C20H23F4N.ClH/c1-19(2,3)18-16(20(22,23)24)11-15(12-17(18)21)9-10-25-13-14-7-5-4-6-8-14;/h4-8,11-12,25H,9-10,13H2,1-3H3;1H. The highest BCUT2D eigenvalue weighted by Gasteiger charge is 2.38. The summed E-state index contributed by atoms with van der Waals surface area (Å²) in [5.41, 5.74) is -0.635. The van der Waals surface area contributed by atoms with Crippen LogP contribution in [-0.2, 0) is 24.6 Å². The Morgan fingerprint density at radius 3 is 2.08 bits per heavy atom. The zero-order valence-electron chi connectivity index (χ0n) is 15.1. The van der Waals surface area contributed by atoms with Gasteiger partial charge in [0.15, 0.2) is 0 Å². The van der Waals surface area contributed by atoms with E-state index in [4.69, 9.17) is 0 Å². The Kier molecular flexibility index (Phi) is 7.66. The SMILES string of the molecule is CC(C)(C)c1c(F)cc(CCNCc2ccccc2)cc1C(F)(F)F.Cl. The molecular formula is C20H24ClF4N. The monoisotopic (exact) mass is 389 g/mol. The lowest BCUT2D eigenvalue weighted by Crippen LogP contribution is -2.23. The van der Waals surface area contributed by atoms with Gasteiger partial charge in [0.25, 0.3) is 0 Å². The minimum absolute atomic E-state index is 0. The van der Waals surface area contributed by atoms with E-state index in [0.29, 0.717) is 25.1 Å². The quantitative estimate of drug-likeness (QED) is 0.496. The highest BCUT2D eigenvalue weighted by Crippen LogP contribution is 2.39. The zero-order valence-corrected chi connectivity index (χ0v) is 15.9. The molecule has 0 aliphatic carbocycles. The van der Waals surface area contributed by atoms with Crippen LogP contribution in [0.15, 0.2) is 42.5 Å². The Bertz CT molecular complexity index is 706. The smallest absolute Gasteiger partial charge is 0.312 e. The average Bonchev–Trinajstić information content (AvgIpc) is 2.50. The van der Waals surface area contributed by atoms with Crippen LogP contribution in [0, 0.1) is 5.82 Å². The van der Waals surface area contributed by atoms with Crippen LogP contribution in [0.25, 0.3) is 0 Å². The van der Waals surface area contributed by atoms with Crippen LogP contribution in [0.4, 0.5) is 17.6 Å². The van der Waals surface area contributed by atoms with Gasteiger partial charge >= 0.3 is 6.18 Å². The molecule has 26 heavy (non-hydrogen) atoms. The van der Waals surface area contributed by atoms with Crippen molar-refractivity contribution in [3.63, 3.8) is 0 Å². The predicted octanol–water partition coefficient (Wildman–Crippen LogP) is 5.90. The second-order valence-electron chi connectivity index (χ2n) is 7.16. The summed E-state index contributed by atoms with van der Waals surface area (Å²) in [7, 11) is 0. The molecule has 2 rings (SSSR count). The first kappa shape index (κ1) is 22.5. The van der Waals surface area contributed by atoms with Gasteiger partial charge in [0.05, 0.1) is 5.56 Å². The number of nitrogens with one attached hydrogen (secondary N) is 1. The Balaban J connectivity index is 0.00000338. The third-order valence-corrected chi connectivity index (χ3v) is 3.97. The molecule has 0 unspecified atom stereocenters. The fraction of sp³-hybridized carbons (Fsp3) is 0.400.